The van der Waals surface area contributed by atoms with Crippen molar-refractivity contribution in [1.29, 1.82) is 0 Å². The van der Waals surface area contributed by atoms with Crippen LogP contribution in [0.4, 0.5) is 0 Å². The second kappa shape index (κ2) is 5.53. The molecule has 1 amide bonds. The number of nitrogens with zero attached hydrogens (tertiary/aromatic N) is 4. The number of hydrogen-bond donors (Lipinski definition) is 2. The van der Waals surface area contributed by atoms with Crippen molar-refractivity contribution < 1.29 is 14.7 Å². The molecule has 2 N–H and O–H groups in total. The summed E-state index contributed by atoms with van der Waals surface area (Å²) in [5.74, 6) is -1.29. The van der Waals surface area contributed by atoms with E-state index in [9.17, 15) is 14.7 Å². The SMILES string of the molecule is Cc1nn(C)c(C)c1-c1cc(C(=O)N2CCC[C@@H]2C(=O)O)[nH]n1. The maximum Gasteiger partial charge on any atom is 0.326 e. The Bertz CT molecular complexity index is 776. The minimum atomic E-state index is -0.963. The second-order valence-corrected chi connectivity index (χ2v) is 5.83. The lowest BCUT2D eigenvalue weighted by molar-refractivity contribution is -0.141. The summed E-state index contributed by atoms with van der Waals surface area (Å²) in [4.78, 5) is 25.2. The minimum absolute atomic E-state index is 0.302. The number of carboxylic acids is 1. The first kappa shape index (κ1) is 15.3. The smallest absolute Gasteiger partial charge is 0.326 e. The number of aromatic nitrogens is 4. The third-order valence-corrected chi connectivity index (χ3v) is 4.37. The second-order valence-electron chi connectivity index (χ2n) is 5.83. The number of hydrogen-bond acceptors (Lipinski definition) is 4. The normalized spacial score (nSPS) is 17.7. The average molecular weight is 317 g/mol. The minimum Gasteiger partial charge on any atom is -0.480 e. The Morgan fingerprint density at radius 1 is 1.39 bits per heavy atom. The summed E-state index contributed by atoms with van der Waals surface area (Å²) < 4.78 is 1.77. The number of rotatable bonds is 3. The van der Waals surface area contributed by atoms with Gasteiger partial charge in [-0.2, -0.15) is 10.2 Å². The van der Waals surface area contributed by atoms with E-state index in [-0.39, 0.29) is 5.91 Å². The first-order chi connectivity index (χ1) is 10.9. The van der Waals surface area contributed by atoms with E-state index in [1.807, 2.05) is 20.9 Å². The number of H-pyrrole nitrogens is 1. The van der Waals surface area contributed by atoms with Crippen LogP contribution in [0.1, 0.15) is 34.7 Å². The molecule has 0 spiro atoms. The van der Waals surface area contributed by atoms with Gasteiger partial charge in [0.1, 0.15) is 11.7 Å². The van der Waals surface area contributed by atoms with Crippen LogP contribution in [0.5, 0.6) is 0 Å². The molecule has 0 aromatic carbocycles. The van der Waals surface area contributed by atoms with Crippen molar-refractivity contribution in [3.8, 4) is 11.3 Å². The molecule has 3 rings (SSSR count). The number of likely N-dealkylation sites (tertiary alicyclic amines) is 1. The summed E-state index contributed by atoms with van der Waals surface area (Å²) in [6.07, 6.45) is 1.19. The van der Waals surface area contributed by atoms with Crippen LogP contribution in [0, 0.1) is 13.8 Å². The van der Waals surface area contributed by atoms with Crippen LogP contribution in [0.25, 0.3) is 11.3 Å². The van der Waals surface area contributed by atoms with Crippen molar-refractivity contribution in [2.24, 2.45) is 7.05 Å². The van der Waals surface area contributed by atoms with Crippen LogP contribution >= 0.6 is 0 Å². The molecular formula is C15H19N5O3. The van der Waals surface area contributed by atoms with Crippen molar-refractivity contribution >= 4 is 11.9 Å². The Hall–Kier alpha value is -2.64. The molecule has 0 saturated carbocycles. The Balaban J connectivity index is 1.90. The zero-order valence-corrected chi connectivity index (χ0v) is 13.3. The molecule has 1 fully saturated rings. The van der Waals surface area contributed by atoms with E-state index in [1.165, 1.54) is 4.90 Å². The van der Waals surface area contributed by atoms with Gasteiger partial charge in [0.25, 0.3) is 5.91 Å². The predicted octanol–water partition coefficient (Wildman–Crippen LogP) is 1.12. The molecule has 0 bridgehead atoms. The van der Waals surface area contributed by atoms with Gasteiger partial charge in [0, 0.05) is 24.8 Å². The molecule has 8 nitrogen and oxygen atoms in total. The van der Waals surface area contributed by atoms with Gasteiger partial charge in [0.05, 0.1) is 11.4 Å². The van der Waals surface area contributed by atoms with Crippen LogP contribution in [-0.2, 0) is 11.8 Å². The Labute approximate surface area is 133 Å². The lowest BCUT2D eigenvalue weighted by Crippen LogP contribution is -2.40. The summed E-state index contributed by atoms with van der Waals surface area (Å²) in [6.45, 7) is 4.28. The molecule has 8 heteroatoms. The number of amides is 1. The molecule has 122 valence electrons. The highest BCUT2D eigenvalue weighted by Crippen LogP contribution is 2.26. The number of carbonyl (C=O) groups is 2. The number of aryl methyl sites for hydroxylation is 2. The molecule has 23 heavy (non-hydrogen) atoms. The van der Waals surface area contributed by atoms with Gasteiger partial charge in [-0.1, -0.05) is 0 Å². The van der Waals surface area contributed by atoms with Gasteiger partial charge in [-0.3, -0.25) is 14.6 Å². The summed E-state index contributed by atoms with van der Waals surface area (Å²) in [5.41, 5.74) is 3.62. The summed E-state index contributed by atoms with van der Waals surface area (Å²) in [6, 6.07) is 0.910. The molecule has 3 heterocycles. The first-order valence-electron chi connectivity index (χ1n) is 7.50. The standard InChI is InChI=1S/C15H19N5O3/c1-8-13(9(2)19(3)18-8)10-7-11(17-16-10)14(21)20-6-4-5-12(20)15(22)23/h7,12H,4-6H2,1-3H3,(H,16,17)(H,22,23)/t12-/m1/s1. The third kappa shape index (κ3) is 2.49. The zero-order valence-electron chi connectivity index (χ0n) is 13.3. The Morgan fingerprint density at radius 2 is 2.13 bits per heavy atom. The molecule has 1 atom stereocenters. The van der Waals surface area contributed by atoms with E-state index in [1.54, 1.807) is 10.7 Å². The third-order valence-electron chi connectivity index (χ3n) is 4.37. The lowest BCUT2D eigenvalue weighted by Gasteiger charge is -2.20. The number of nitrogens with one attached hydrogen (secondary N) is 1. The van der Waals surface area contributed by atoms with Gasteiger partial charge < -0.3 is 10.0 Å². The van der Waals surface area contributed by atoms with Gasteiger partial charge in [-0.05, 0) is 32.8 Å². The van der Waals surface area contributed by atoms with Crippen molar-refractivity contribution in [3.63, 3.8) is 0 Å². The fraction of sp³-hybridized carbons (Fsp3) is 0.467. The van der Waals surface area contributed by atoms with E-state index in [0.29, 0.717) is 30.8 Å². The summed E-state index contributed by atoms with van der Waals surface area (Å²) >= 11 is 0. The van der Waals surface area contributed by atoms with Crippen LogP contribution < -0.4 is 0 Å². The van der Waals surface area contributed by atoms with Crippen molar-refractivity contribution in [3.05, 3.63) is 23.1 Å². The molecule has 1 aliphatic rings. The Morgan fingerprint density at radius 3 is 2.74 bits per heavy atom. The summed E-state index contributed by atoms with van der Waals surface area (Å²) in [7, 11) is 1.85. The summed E-state index contributed by atoms with van der Waals surface area (Å²) in [5, 5.41) is 20.5. The zero-order chi connectivity index (χ0) is 16.7. The quantitative estimate of drug-likeness (QED) is 0.882. The van der Waals surface area contributed by atoms with Crippen LogP contribution in [0.3, 0.4) is 0 Å². The number of carboxylic acid groups (broad SMARTS) is 1. The first-order valence-corrected chi connectivity index (χ1v) is 7.50. The van der Waals surface area contributed by atoms with Crippen molar-refractivity contribution in [1.82, 2.24) is 24.9 Å². The average Bonchev–Trinajstić information content (AvgIpc) is 3.19. The molecule has 0 aliphatic carbocycles. The van der Waals surface area contributed by atoms with Gasteiger partial charge in [0.2, 0.25) is 0 Å². The van der Waals surface area contributed by atoms with Gasteiger partial charge in [-0.15, -0.1) is 0 Å². The maximum absolute atomic E-state index is 12.6. The molecule has 2 aromatic rings. The number of carbonyl (C=O) groups excluding carboxylic acids is 1. The largest absolute Gasteiger partial charge is 0.480 e. The van der Waals surface area contributed by atoms with Gasteiger partial charge in [-0.25, -0.2) is 4.79 Å². The van der Waals surface area contributed by atoms with E-state index >= 15 is 0 Å². The molecular weight excluding hydrogens is 298 g/mol. The lowest BCUT2D eigenvalue weighted by atomic mass is 10.1. The highest BCUT2D eigenvalue weighted by Gasteiger charge is 2.35. The predicted molar refractivity (Wildman–Crippen MR) is 82.0 cm³/mol. The van der Waals surface area contributed by atoms with E-state index < -0.39 is 12.0 Å². The Kier molecular flexibility index (Phi) is 3.67. The van der Waals surface area contributed by atoms with Crippen LogP contribution in [0.2, 0.25) is 0 Å². The molecule has 0 radical (unpaired) electrons. The van der Waals surface area contributed by atoms with Crippen LogP contribution in [-0.4, -0.2) is 54.4 Å². The molecule has 2 aromatic heterocycles. The van der Waals surface area contributed by atoms with Crippen molar-refractivity contribution in [2.75, 3.05) is 6.54 Å². The van der Waals surface area contributed by atoms with E-state index in [4.69, 9.17) is 0 Å². The fourth-order valence-corrected chi connectivity index (χ4v) is 3.12. The number of aromatic amines is 1. The highest BCUT2D eigenvalue weighted by atomic mass is 16.4. The molecule has 1 aliphatic heterocycles. The van der Waals surface area contributed by atoms with Crippen LogP contribution in [0.15, 0.2) is 6.07 Å². The fourth-order valence-electron chi connectivity index (χ4n) is 3.12. The monoisotopic (exact) mass is 317 g/mol. The molecule has 0 unspecified atom stereocenters. The van der Waals surface area contributed by atoms with E-state index in [0.717, 1.165) is 17.0 Å². The molecule has 1 saturated heterocycles. The van der Waals surface area contributed by atoms with Gasteiger partial charge in [0.15, 0.2) is 0 Å². The van der Waals surface area contributed by atoms with Gasteiger partial charge >= 0.3 is 5.97 Å². The number of aliphatic carboxylic acids is 1. The van der Waals surface area contributed by atoms with E-state index in [2.05, 4.69) is 15.3 Å². The van der Waals surface area contributed by atoms with Crippen molar-refractivity contribution in [2.45, 2.75) is 32.7 Å². The topological polar surface area (TPSA) is 104 Å². The maximum atomic E-state index is 12.6. The highest BCUT2D eigenvalue weighted by molar-refractivity contribution is 5.96.